The molecular formula is C12H20N2O3S. The molecule has 3 atom stereocenters. The maximum Gasteiger partial charge on any atom is 0.245 e. The minimum atomic E-state index is -0.967. The monoisotopic (exact) mass is 272 g/mol. The maximum atomic E-state index is 12.3. The number of piperidine rings is 1. The molecule has 0 radical (unpaired) electrons. The van der Waals surface area contributed by atoms with Gasteiger partial charge in [0.2, 0.25) is 11.8 Å². The zero-order valence-electron chi connectivity index (χ0n) is 10.9. The maximum absolute atomic E-state index is 12.3. The Morgan fingerprint density at radius 1 is 1.39 bits per heavy atom. The first-order chi connectivity index (χ1) is 8.50. The van der Waals surface area contributed by atoms with Gasteiger partial charge in [-0.05, 0) is 26.2 Å². The van der Waals surface area contributed by atoms with Crippen molar-refractivity contribution in [3.8, 4) is 0 Å². The van der Waals surface area contributed by atoms with Crippen molar-refractivity contribution in [2.75, 3.05) is 25.9 Å². The SMILES string of the molecule is CC(CN1CC(=O)N2CCCCC2C1=O)S(C)=O. The molecule has 0 saturated carbocycles. The number of rotatable bonds is 3. The molecule has 0 N–H and O–H groups in total. The summed E-state index contributed by atoms with van der Waals surface area (Å²) in [6.07, 6.45) is 4.40. The van der Waals surface area contributed by atoms with Crippen molar-refractivity contribution >= 4 is 22.6 Å². The predicted molar refractivity (Wildman–Crippen MR) is 69.5 cm³/mol. The van der Waals surface area contributed by atoms with Crippen LogP contribution in [0.15, 0.2) is 0 Å². The Bertz CT molecular complexity index is 386. The van der Waals surface area contributed by atoms with Crippen molar-refractivity contribution in [1.29, 1.82) is 0 Å². The molecule has 0 aromatic carbocycles. The second-order valence-corrected chi connectivity index (χ2v) is 6.93. The Morgan fingerprint density at radius 2 is 2.11 bits per heavy atom. The van der Waals surface area contributed by atoms with Crippen LogP contribution in [-0.2, 0) is 20.4 Å². The fourth-order valence-electron chi connectivity index (χ4n) is 2.60. The van der Waals surface area contributed by atoms with Gasteiger partial charge in [0.25, 0.3) is 0 Å². The summed E-state index contributed by atoms with van der Waals surface area (Å²) in [4.78, 5) is 27.6. The molecule has 2 fully saturated rings. The number of hydrogen-bond acceptors (Lipinski definition) is 3. The second-order valence-electron chi connectivity index (χ2n) is 5.13. The van der Waals surface area contributed by atoms with E-state index in [-0.39, 0.29) is 29.7 Å². The van der Waals surface area contributed by atoms with Crippen LogP contribution in [0.5, 0.6) is 0 Å². The van der Waals surface area contributed by atoms with Gasteiger partial charge in [0.05, 0.1) is 6.54 Å². The largest absolute Gasteiger partial charge is 0.330 e. The number of amides is 2. The van der Waals surface area contributed by atoms with Crippen LogP contribution in [0.3, 0.4) is 0 Å². The highest BCUT2D eigenvalue weighted by atomic mass is 32.2. The van der Waals surface area contributed by atoms with E-state index >= 15 is 0 Å². The number of carbonyl (C=O) groups is 2. The van der Waals surface area contributed by atoms with Crippen LogP contribution in [-0.4, -0.2) is 63.0 Å². The number of nitrogens with zero attached hydrogens (tertiary/aromatic N) is 2. The van der Waals surface area contributed by atoms with E-state index in [0.717, 1.165) is 19.3 Å². The van der Waals surface area contributed by atoms with E-state index < -0.39 is 10.8 Å². The number of hydrogen-bond donors (Lipinski definition) is 0. The molecule has 0 aromatic heterocycles. The van der Waals surface area contributed by atoms with Crippen LogP contribution in [0, 0.1) is 0 Å². The summed E-state index contributed by atoms with van der Waals surface area (Å²) in [5, 5.41) is -0.0862. The van der Waals surface area contributed by atoms with Crippen molar-refractivity contribution < 1.29 is 13.8 Å². The zero-order chi connectivity index (χ0) is 13.3. The number of fused-ring (bicyclic) bond motifs is 1. The average molecular weight is 272 g/mol. The lowest BCUT2D eigenvalue weighted by atomic mass is 9.98. The third kappa shape index (κ3) is 2.58. The van der Waals surface area contributed by atoms with Crippen molar-refractivity contribution in [2.45, 2.75) is 37.5 Å². The quantitative estimate of drug-likeness (QED) is 0.725. The second kappa shape index (κ2) is 5.38. The van der Waals surface area contributed by atoms with Gasteiger partial charge in [-0.25, -0.2) is 0 Å². The minimum Gasteiger partial charge on any atom is -0.330 e. The molecule has 5 nitrogen and oxygen atoms in total. The van der Waals surface area contributed by atoms with Crippen molar-refractivity contribution in [2.24, 2.45) is 0 Å². The molecule has 2 saturated heterocycles. The highest BCUT2D eigenvalue weighted by Crippen LogP contribution is 2.23. The third-order valence-electron chi connectivity index (χ3n) is 3.79. The van der Waals surface area contributed by atoms with Crippen LogP contribution in [0.4, 0.5) is 0 Å². The van der Waals surface area contributed by atoms with E-state index in [1.165, 1.54) is 0 Å². The lowest BCUT2D eigenvalue weighted by Gasteiger charge is -2.43. The summed E-state index contributed by atoms with van der Waals surface area (Å²) in [5.74, 6) is 0.0694. The van der Waals surface area contributed by atoms with Gasteiger partial charge < -0.3 is 9.80 Å². The van der Waals surface area contributed by atoms with Crippen molar-refractivity contribution in [3.05, 3.63) is 0 Å². The van der Waals surface area contributed by atoms with Crippen LogP contribution >= 0.6 is 0 Å². The molecule has 6 heteroatoms. The van der Waals surface area contributed by atoms with Crippen LogP contribution in [0.1, 0.15) is 26.2 Å². The Balaban J connectivity index is 2.07. The van der Waals surface area contributed by atoms with Gasteiger partial charge in [0, 0.05) is 35.4 Å². The van der Waals surface area contributed by atoms with Gasteiger partial charge >= 0.3 is 0 Å². The molecule has 2 aliphatic rings. The minimum absolute atomic E-state index is 0.0339. The molecule has 2 amide bonds. The van der Waals surface area contributed by atoms with E-state index in [9.17, 15) is 13.8 Å². The van der Waals surface area contributed by atoms with E-state index in [2.05, 4.69) is 0 Å². The molecule has 3 unspecified atom stereocenters. The summed E-state index contributed by atoms with van der Waals surface area (Å²) >= 11 is 0. The first kappa shape index (κ1) is 13.5. The lowest BCUT2D eigenvalue weighted by molar-refractivity contribution is -0.157. The van der Waals surface area contributed by atoms with E-state index in [1.54, 1.807) is 16.1 Å². The zero-order valence-corrected chi connectivity index (χ0v) is 11.7. The topological polar surface area (TPSA) is 57.7 Å². The van der Waals surface area contributed by atoms with E-state index in [4.69, 9.17) is 0 Å². The smallest absolute Gasteiger partial charge is 0.245 e. The Hall–Kier alpha value is -0.910. The summed E-state index contributed by atoms with van der Waals surface area (Å²) in [6.45, 7) is 3.12. The predicted octanol–water partition coefficient (Wildman–Crippen LogP) is -0.0233. The normalized spacial score (nSPS) is 28.0. The van der Waals surface area contributed by atoms with Gasteiger partial charge in [-0.1, -0.05) is 0 Å². The summed E-state index contributed by atoms with van der Waals surface area (Å²) in [7, 11) is -0.967. The summed E-state index contributed by atoms with van der Waals surface area (Å²) in [6, 6.07) is -0.266. The molecule has 2 rings (SSSR count). The van der Waals surface area contributed by atoms with Gasteiger partial charge in [0.15, 0.2) is 0 Å². The standard InChI is InChI=1S/C12H20N2O3S/c1-9(18(2)17)7-13-8-11(15)14-6-4-3-5-10(14)12(13)16/h9-10H,3-8H2,1-2H3. The fourth-order valence-corrected chi connectivity index (χ4v) is 2.99. The fraction of sp³-hybridized carbons (Fsp3) is 0.833. The number of piperazine rings is 1. The average Bonchev–Trinajstić information content (AvgIpc) is 2.35. The Kier molecular flexibility index (Phi) is 4.04. The van der Waals surface area contributed by atoms with Crippen LogP contribution in [0.25, 0.3) is 0 Å². The van der Waals surface area contributed by atoms with E-state index in [0.29, 0.717) is 13.1 Å². The molecule has 2 heterocycles. The first-order valence-corrected chi connectivity index (χ1v) is 8.03. The van der Waals surface area contributed by atoms with Gasteiger partial charge in [-0.15, -0.1) is 0 Å². The number of carbonyl (C=O) groups excluding carboxylic acids is 2. The first-order valence-electron chi connectivity index (χ1n) is 6.41. The molecule has 0 spiro atoms. The molecular weight excluding hydrogens is 252 g/mol. The molecule has 2 aliphatic heterocycles. The molecule has 18 heavy (non-hydrogen) atoms. The summed E-state index contributed by atoms with van der Waals surface area (Å²) < 4.78 is 11.4. The van der Waals surface area contributed by atoms with E-state index in [1.807, 2.05) is 6.92 Å². The molecule has 0 aromatic rings. The third-order valence-corrected chi connectivity index (χ3v) is 5.07. The van der Waals surface area contributed by atoms with Gasteiger partial charge in [-0.3, -0.25) is 13.8 Å². The van der Waals surface area contributed by atoms with Crippen molar-refractivity contribution in [3.63, 3.8) is 0 Å². The molecule has 0 aliphatic carbocycles. The van der Waals surface area contributed by atoms with Gasteiger partial charge in [-0.2, -0.15) is 0 Å². The van der Waals surface area contributed by atoms with Crippen LogP contribution < -0.4 is 0 Å². The summed E-state index contributed by atoms with van der Waals surface area (Å²) in [5.41, 5.74) is 0. The highest BCUT2D eigenvalue weighted by Gasteiger charge is 2.40. The van der Waals surface area contributed by atoms with Crippen LogP contribution in [0.2, 0.25) is 0 Å². The highest BCUT2D eigenvalue weighted by molar-refractivity contribution is 7.84. The lowest BCUT2D eigenvalue weighted by Crippen LogP contribution is -2.62. The van der Waals surface area contributed by atoms with Crippen molar-refractivity contribution in [1.82, 2.24) is 9.80 Å². The molecule has 102 valence electrons. The Morgan fingerprint density at radius 3 is 2.78 bits per heavy atom. The Labute approximate surface area is 110 Å². The molecule has 0 bridgehead atoms. The van der Waals surface area contributed by atoms with Gasteiger partial charge in [0.1, 0.15) is 6.04 Å².